The van der Waals surface area contributed by atoms with E-state index in [4.69, 9.17) is 27.1 Å². The van der Waals surface area contributed by atoms with Crippen LogP contribution in [-0.2, 0) is 18.0 Å². The van der Waals surface area contributed by atoms with Crippen molar-refractivity contribution in [2.24, 2.45) is 0 Å². The molecule has 1 aliphatic heterocycles. The van der Waals surface area contributed by atoms with Crippen LogP contribution in [0.4, 0.5) is 5.95 Å². The van der Waals surface area contributed by atoms with Gasteiger partial charge in [0.15, 0.2) is 11.0 Å². The summed E-state index contributed by atoms with van der Waals surface area (Å²) in [5.41, 5.74) is 9.03. The lowest BCUT2D eigenvalue weighted by atomic mass is 9.94. The van der Waals surface area contributed by atoms with E-state index in [1.807, 2.05) is 30.3 Å². The Morgan fingerprint density at radius 1 is 0.967 bits per heavy atom. The third kappa shape index (κ3) is 3.63. The van der Waals surface area contributed by atoms with E-state index in [1.165, 1.54) is 16.7 Å². The minimum absolute atomic E-state index is 0.170. The maximum atomic E-state index is 6.69. The molecule has 3 aromatic carbocycles. The highest BCUT2D eigenvalue weighted by molar-refractivity contribution is 7.99. The van der Waals surface area contributed by atoms with Gasteiger partial charge in [-0.1, -0.05) is 29.8 Å². The molecule has 4 aromatic rings. The van der Waals surface area contributed by atoms with Crippen molar-refractivity contribution < 1.29 is 4.74 Å². The number of aromatic nitrogens is 3. The minimum atomic E-state index is 0.170. The maximum Gasteiger partial charge on any atom is 0.224 e. The van der Waals surface area contributed by atoms with Gasteiger partial charge in [0.2, 0.25) is 5.95 Å². The lowest BCUT2D eigenvalue weighted by molar-refractivity contribution is 0.103. The maximum absolute atomic E-state index is 6.69. The molecule has 5 nitrogen and oxygen atoms in total. The Kier molecular flexibility index (Phi) is 5.28. The highest BCUT2D eigenvalue weighted by Gasteiger charge is 2.21. The lowest BCUT2D eigenvalue weighted by Crippen LogP contribution is -2.06. The number of nitrogens with zero attached hydrogens (tertiary/aromatic N) is 3. The van der Waals surface area contributed by atoms with E-state index in [9.17, 15) is 0 Å². The molecule has 2 heterocycles. The van der Waals surface area contributed by atoms with Crippen LogP contribution in [0.15, 0.2) is 63.5 Å². The predicted octanol–water partition coefficient (Wildman–Crippen LogP) is 5.83. The normalized spacial score (nSPS) is 13.0. The van der Waals surface area contributed by atoms with Gasteiger partial charge in [-0.05, 0) is 70.2 Å². The molecule has 150 valence electrons. The fourth-order valence-electron chi connectivity index (χ4n) is 3.62. The van der Waals surface area contributed by atoms with E-state index in [0.29, 0.717) is 29.2 Å². The van der Waals surface area contributed by atoms with Crippen molar-refractivity contribution in [2.45, 2.75) is 28.2 Å². The van der Waals surface area contributed by atoms with Crippen molar-refractivity contribution >= 4 is 51.8 Å². The van der Waals surface area contributed by atoms with Crippen LogP contribution in [-0.4, -0.2) is 21.2 Å². The summed E-state index contributed by atoms with van der Waals surface area (Å²) in [5, 5.41) is 3.27. The highest BCUT2D eigenvalue weighted by atomic mass is 35.5. The molecule has 0 radical (unpaired) electrons. The lowest BCUT2D eigenvalue weighted by Gasteiger charge is -2.20. The van der Waals surface area contributed by atoms with Gasteiger partial charge >= 0.3 is 0 Å². The van der Waals surface area contributed by atoms with Gasteiger partial charge in [0.05, 0.1) is 18.2 Å². The zero-order chi connectivity index (χ0) is 20.7. The number of rotatable bonds is 4. The van der Waals surface area contributed by atoms with Crippen LogP contribution in [0.25, 0.3) is 22.2 Å². The highest BCUT2D eigenvalue weighted by Crippen LogP contribution is 2.40. The SMILES string of the molecule is CSc1ccc(Sc2nc(N)nc(-c3c(Cl)cc4c5c(cccc35)COC4)n2)cc1. The van der Waals surface area contributed by atoms with Gasteiger partial charge in [0, 0.05) is 15.4 Å². The number of hydrogen-bond donors (Lipinski definition) is 1. The molecule has 0 amide bonds. The summed E-state index contributed by atoms with van der Waals surface area (Å²) in [6.07, 6.45) is 2.05. The number of nitrogens with two attached hydrogens (primary N) is 1. The standard InChI is InChI=1S/C22H17ClN4OS2/c1-29-14-5-7-15(8-6-14)30-22-26-20(25-21(24)27-22)19-16-4-2-3-12-10-28-11-13(18(12)16)9-17(19)23/h2-9H,10-11H2,1H3,(H2,24,25,26,27). The molecule has 8 heteroatoms. The quantitative estimate of drug-likeness (QED) is 0.390. The van der Waals surface area contributed by atoms with Crippen LogP contribution in [0.5, 0.6) is 0 Å². The van der Waals surface area contributed by atoms with Crippen molar-refractivity contribution in [3.63, 3.8) is 0 Å². The van der Waals surface area contributed by atoms with Crippen molar-refractivity contribution in [1.29, 1.82) is 0 Å². The molecule has 0 aliphatic carbocycles. The molecule has 0 spiro atoms. The number of halogens is 1. The molecule has 2 N–H and O–H groups in total. The van der Waals surface area contributed by atoms with Crippen molar-refractivity contribution in [3.8, 4) is 11.4 Å². The zero-order valence-electron chi connectivity index (χ0n) is 16.1. The van der Waals surface area contributed by atoms with Crippen LogP contribution in [0.3, 0.4) is 0 Å². The molecular weight excluding hydrogens is 436 g/mol. The van der Waals surface area contributed by atoms with Crippen molar-refractivity contribution in [3.05, 3.63) is 64.7 Å². The molecule has 30 heavy (non-hydrogen) atoms. The van der Waals surface area contributed by atoms with Crippen molar-refractivity contribution in [2.75, 3.05) is 12.0 Å². The van der Waals surface area contributed by atoms with Gasteiger partial charge in [-0.15, -0.1) is 11.8 Å². The summed E-state index contributed by atoms with van der Waals surface area (Å²) < 4.78 is 5.68. The van der Waals surface area contributed by atoms with Gasteiger partial charge in [-0.3, -0.25) is 0 Å². The first kappa shape index (κ1) is 19.6. The Hall–Kier alpha value is -2.32. The van der Waals surface area contributed by atoms with Gasteiger partial charge in [-0.25, -0.2) is 4.98 Å². The second kappa shape index (κ2) is 8.07. The average molecular weight is 453 g/mol. The predicted molar refractivity (Wildman–Crippen MR) is 123 cm³/mol. The molecule has 0 atom stereocenters. The molecule has 0 fully saturated rings. The summed E-state index contributed by atoms with van der Waals surface area (Å²) in [6, 6.07) is 16.3. The molecule has 1 aliphatic rings. The second-order valence-corrected chi connectivity index (χ2v) is 9.13. The van der Waals surface area contributed by atoms with E-state index in [-0.39, 0.29) is 5.95 Å². The van der Waals surface area contributed by atoms with Gasteiger partial charge in [-0.2, -0.15) is 9.97 Å². The van der Waals surface area contributed by atoms with Crippen LogP contribution < -0.4 is 5.73 Å². The topological polar surface area (TPSA) is 73.9 Å². The number of thioether (sulfide) groups is 1. The first-order valence-electron chi connectivity index (χ1n) is 9.27. The molecule has 1 aromatic heterocycles. The summed E-state index contributed by atoms with van der Waals surface area (Å²) >= 11 is 9.84. The Labute approximate surface area is 187 Å². The average Bonchev–Trinajstić information content (AvgIpc) is 2.74. The Balaban J connectivity index is 1.62. The van der Waals surface area contributed by atoms with Crippen molar-refractivity contribution in [1.82, 2.24) is 15.0 Å². The number of anilines is 1. The molecule has 0 bridgehead atoms. The zero-order valence-corrected chi connectivity index (χ0v) is 18.4. The Morgan fingerprint density at radius 3 is 2.53 bits per heavy atom. The van der Waals surface area contributed by atoms with Crippen LogP contribution in [0.2, 0.25) is 5.02 Å². The summed E-state index contributed by atoms with van der Waals surface area (Å²) in [5.74, 6) is 0.647. The van der Waals surface area contributed by atoms with E-state index in [2.05, 4.69) is 34.4 Å². The molecule has 5 rings (SSSR count). The Bertz CT molecular complexity index is 1260. The fourth-order valence-corrected chi connectivity index (χ4v) is 5.11. The summed E-state index contributed by atoms with van der Waals surface area (Å²) in [4.78, 5) is 15.7. The van der Waals surface area contributed by atoms with Gasteiger partial charge < -0.3 is 10.5 Å². The van der Waals surface area contributed by atoms with Crippen LogP contribution in [0, 0.1) is 0 Å². The smallest absolute Gasteiger partial charge is 0.224 e. The number of nitrogen functional groups attached to an aromatic ring is 1. The first-order valence-corrected chi connectivity index (χ1v) is 11.7. The summed E-state index contributed by atoms with van der Waals surface area (Å²) in [7, 11) is 0. The third-order valence-electron chi connectivity index (χ3n) is 4.92. The molecule has 0 saturated heterocycles. The number of hydrogen-bond acceptors (Lipinski definition) is 7. The van der Waals surface area contributed by atoms with E-state index in [1.54, 1.807) is 11.8 Å². The third-order valence-corrected chi connectivity index (χ3v) is 6.84. The van der Waals surface area contributed by atoms with E-state index in [0.717, 1.165) is 32.4 Å². The van der Waals surface area contributed by atoms with E-state index < -0.39 is 0 Å². The minimum Gasteiger partial charge on any atom is -0.372 e. The van der Waals surface area contributed by atoms with E-state index >= 15 is 0 Å². The largest absolute Gasteiger partial charge is 0.372 e. The van der Waals surface area contributed by atoms with Crippen LogP contribution in [0.1, 0.15) is 11.1 Å². The fraction of sp³-hybridized carbons (Fsp3) is 0.136. The molecular formula is C22H17ClN4OS2. The summed E-state index contributed by atoms with van der Waals surface area (Å²) in [6.45, 7) is 1.12. The first-order chi connectivity index (χ1) is 14.6. The number of benzene rings is 3. The molecule has 0 unspecified atom stereocenters. The monoisotopic (exact) mass is 452 g/mol. The second-order valence-electron chi connectivity index (χ2n) is 6.80. The Morgan fingerprint density at radius 2 is 1.73 bits per heavy atom. The van der Waals surface area contributed by atoms with Gasteiger partial charge in [0.25, 0.3) is 0 Å². The van der Waals surface area contributed by atoms with Crippen LogP contribution >= 0.6 is 35.1 Å². The van der Waals surface area contributed by atoms with Gasteiger partial charge in [0.1, 0.15) is 0 Å². The number of ether oxygens (including phenoxy) is 1. The molecule has 0 saturated carbocycles.